The number of nitrogens with one attached hydrogen (secondary N) is 1. The molecule has 0 amide bonds. The lowest BCUT2D eigenvalue weighted by Crippen LogP contribution is -2.11. The summed E-state index contributed by atoms with van der Waals surface area (Å²) in [5.74, 6) is 0.958. The number of nitrogens with zero attached hydrogens (tertiary/aromatic N) is 2. The molecule has 0 fully saturated rings. The zero-order chi connectivity index (χ0) is 12.5. The number of fused-ring (bicyclic) bond motifs is 1. The summed E-state index contributed by atoms with van der Waals surface area (Å²) in [5, 5.41) is 1.22. The molecule has 0 bridgehead atoms. The van der Waals surface area contributed by atoms with Gasteiger partial charge in [-0.05, 0) is 29.1 Å². The topological polar surface area (TPSA) is 31.9 Å². The van der Waals surface area contributed by atoms with Gasteiger partial charge < -0.3 is 9.88 Å². The Labute approximate surface area is 106 Å². The highest BCUT2D eigenvalue weighted by Crippen LogP contribution is 2.29. The molecule has 0 aliphatic heterocycles. The summed E-state index contributed by atoms with van der Waals surface area (Å²) >= 11 is 0. The summed E-state index contributed by atoms with van der Waals surface area (Å²) in [5.41, 5.74) is 3.39. The van der Waals surface area contributed by atoms with Gasteiger partial charge in [-0.25, -0.2) is 4.98 Å². The van der Waals surface area contributed by atoms with Crippen LogP contribution in [0, 0.1) is 6.07 Å². The van der Waals surface area contributed by atoms with Crippen LogP contribution in [0.4, 0.5) is 5.82 Å². The Morgan fingerprint density at radius 1 is 1.22 bits per heavy atom. The molecule has 0 unspecified atom stereocenters. The lowest BCUT2D eigenvalue weighted by atomic mass is 10.0. The molecule has 3 rings (SSSR count). The average molecular weight is 236 g/mol. The van der Waals surface area contributed by atoms with Gasteiger partial charge in [-0.2, -0.15) is 0 Å². The summed E-state index contributed by atoms with van der Waals surface area (Å²) in [6.45, 7) is 0. The van der Waals surface area contributed by atoms with Crippen LogP contribution in [-0.4, -0.2) is 24.1 Å². The molecule has 0 aliphatic carbocycles. The Morgan fingerprint density at radius 2 is 2.11 bits per heavy atom. The summed E-state index contributed by atoms with van der Waals surface area (Å²) in [4.78, 5) is 9.63. The fourth-order valence-corrected chi connectivity index (χ4v) is 2.14. The second-order valence-electron chi connectivity index (χ2n) is 4.48. The molecule has 2 aromatic heterocycles. The molecule has 0 aliphatic rings. The Hall–Kier alpha value is -2.29. The highest BCUT2D eigenvalue weighted by atomic mass is 15.1. The van der Waals surface area contributed by atoms with Gasteiger partial charge in [-0.1, -0.05) is 12.1 Å². The molecule has 3 aromatic rings. The summed E-state index contributed by atoms with van der Waals surface area (Å²) in [6, 6.07) is 13.5. The second kappa shape index (κ2) is 4.18. The fraction of sp³-hybridized carbons (Fsp3) is 0.133. The molecule has 2 heterocycles. The predicted molar refractivity (Wildman–Crippen MR) is 74.7 cm³/mol. The van der Waals surface area contributed by atoms with Gasteiger partial charge in [-0.15, -0.1) is 0 Å². The highest BCUT2D eigenvalue weighted by molar-refractivity contribution is 5.87. The lowest BCUT2D eigenvalue weighted by molar-refractivity contribution is 1.07. The highest BCUT2D eigenvalue weighted by Gasteiger charge is 2.08. The zero-order valence-corrected chi connectivity index (χ0v) is 10.4. The molecule has 1 N–H and O–H groups in total. The maximum Gasteiger partial charge on any atom is 0.135 e. The molecule has 18 heavy (non-hydrogen) atoms. The summed E-state index contributed by atoms with van der Waals surface area (Å²) < 4.78 is 0. The molecule has 89 valence electrons. The first-order valence-electron chi connectivity index (χ1n) is 5.86. The smallest absolute Gasteiger partial charge is 0.135 e. The van der Waals surface area contributed by atoms with E-state index in [-0.39, 0.29) is 0 Å². The van der Waals surface area contributed by atoms with Crippen molar-refractivity contribution in [2.24, 2.45) is 0 Å². The van der Waals surface area contributed by atoms with Crippen molar-refractivity contribution in [3.05, 3.63) is 48.8 Å². The van der Waals surface area contributed by atoms with Crippen LogP contribution in [0.3, 0.4) is 0 Å². The maximum absolute atomic E-state index is 4.38. The van der Waals surface area contributed by atoms with Crippen molar-refractivity contribution < 1.29 is 0 Å². The van der Waals surface area contributed by atoms with Crippen LogP contribution in [0.15, 0.2) is 42.7 Å². The Kier molecular flexibility index (Phi) is 2.52. The number of pyridine rings is 1. The third-order valence-electron chi connectivity index (χ3n) is 3.02. The van der Waals surface area contributed by atoms with Crippen LogP contribution in [0.2, 0.25) is 0 Å². The SMILES string of the molecule is CN(C)c1nc[c]cc1-c1ccc2cc[nH]c2c1. The van der Waals surface area contributed by atoms with Gasteiger partial charge >= 0.3 is 0 Å². The van der Waals surface area contributed by atoms with Crippen LogP contribution in [0.5, 0.6) is 0 Å². The van der Waals surface area contributed by atoms with Crippen molar-refractivity contribution in [1.82, 2.24) is 9.97 Å². The minimum Gasteiger partial charge on any atom is -0.362 e. The first-order chi connectivity index (χ1) is 8.75. The monoisotopic (exact) mass is 236 g/mol. The van der Waals surface area contributed by atoms with E-state index in [0.717, 1.165) is 22.5 Å². The van der Waals surface area contributed by atoms with E-state index in [1.165, 1.54) is 5.39 Å². The van der Waals surface area contributed by atoms with Crippen molar-refractivity contribution in [3.63, 3.8) is 0 Å². The lowest BCUT2D eigenvalue weighted by Gasteiger charge is -2.15. The van der Waals surface area contributed by atoms with Crippen LogP contribution >= 0.6 is 0 Å². The minimum atomic E-state index is 0.958. The number of rotatable bonds is 2. The van der Waals surface area contributed by atoms with Crippen molar-refractivity contribution in [2.45, 2.75) is 0 Å². The third-order valence-corrected chi connectivity index (χ3v) is 3.02. The number of aromatic nitrogens is 2. The van der Waals surface area contributed by atoms with Gasteiger partial charge in [0.05, 0.1) is 0 Å². The maximum atomic E-state index is 4.38. The predicted octanol–water partition coefficient (Wildman–Crippen LogP) is 3.10. The summed E-state index contributed by atoms with van der Waals surface area (Å²) in [6.07, 6.45) is 3.66. The van der Waals surface area contributed by atoms with Crippen LogP contribution < -0.4 is 4.90 Å². The van der Waals surface area contributed by atoms with Crippen molar-refractivity contribution in [1.29, 1.82) is 0 Å². The molecule has 0 saturated heterocycles. The standard InChI is InChI=1S/C15H14N3/c1-18(2)15-13(4-3-8-17-15)12-6-5-11-7-9-16-14(11)10-12/h4-10,16H,1-2H3. The van der Waals surface area contributed by atoms with Gasteiger partial charge in [0.2, 0.25) is 0 Å². The molecule has 3 heteroatoms. The number of hydrogen-bond acceptors (Lipinski definition) is 2. The van der Waals surface area contributed by atoms with Gasteiger partial charge in [0.25, 0.3) is 0 Å². The summed E-state index contributed by atoms with van der Waals surface area (Å²) in [7, 11) is 4.00. The number of aromatic amines is 1. The Balaban J connectivity index is 2.19. The van der Waals surface area contributed by atoms with E-state index in [1.54, 1.807) is 6.20 Å². The quantitative estimate of drug-likeness (QED) is 0.741. The van der Waals surface area contributed by atoms with E-state index in [1.807, 2.05) is 31.3 Å². The first-order valence-corrected chi connectivity index (χ1v) is 5.86. The van der Waals surface area contributed by atoms with Crippen molar-refractivity contribution >= 4 is 16.7 Å². The molecular weight excluding hydrogens is 222 g/mol. The molecule has 1 radical (unpaired) electrons. The normalized spacial score (nSPS) is 10.8. The molecule has 1 aromatic carbocycles. The van der Waals surface area contributed by atoms with E-state index in [4.69, 9.17) is 0 Å². The molecule has 0 saturated carbocycles. The Morgan fingerprint density at radius 3 is 2.94 bits per heavy atom. The second-order valence-corrected chi connectivity index (χ2v) is 4.48. The van der Waals surface area contributed by atoms with Gasteiger partial charge in [0, 0.05) is 43.6 Å². The zero-order valence-electron chi connectivity index (χ0n) is 10.4. The molecule has 0 spiro atoms. The van der Waals surface area contributed by atoms with Crippen molar-refractivity contribution in [2.75, 3.05) is 19.0 Å². The number of benzene rings is 1. The van der Waals surface area contributed by atoms with Crippen LogP contribution in [-0.2, 0) is 0 Å². The van der Waals surface area contributed by atoms with E-state index in [9.17, 15) is 0 Å². The van der Waals surface area contributed by atoms with Gasteiger partial charge in [0.1, 0.15) is 5.82 Å². The molecule has 3 nitrogen and oxygen atoms in total. The number of anilines is 1. The average Bonchev–Trinajstić information content (AvgIpc) is 2.85. The largest absolute Gasteiger partial charge is 0.362 e. The molecule has 0 atom stereocenters. The first kappa shape index (κ1) is 10.8. The van der Waals surface area contributed by atoms with Gasteiger partial charge in [-0.3, -0.25) is 0 Å². The van der Waals surface area contributed by atoms with Crippen LogP contribution in [0.25, 0.3) is 22.0 Å². The van der Waals surface area contributed by atoms with E-state index in [0.29, 0.717) is 0 Å². The third kappa shape index (κ3) is 1.74. The Bertz CT molecular complexity index is 683. The minimum absolute atomic E-state index is 0.958. The van der Waals surface area contributed by atoms with E-state index >= 15 is 0 Å². The van der Waals surface area contributed by atoms with Crippen LogP contribution in [0.1, 0.15) is 0 Å². The number of hydrogen-bond donors (Lipinski definition) is 1. The molecular formula is C15H14N3. The number of H-pyrrole nitrogens is 1. The van der Waals surface area contributed by atoms with E-state index in [2.05, 4.69) is 40.3 Å². The van der Waals surface area contributed by atoms with E-state index < -0.39 is 0 Å². The van der Waals surface area contributed by atoms with Gasteiger partial charge in [0.15, 0.2) is 0 Å². The van der Waals surface area contributed by atoms with Crippen molar-refractivity contribution in [3.8, 4) is 11.1 Å². The fourth-order valence-electron chi connectivity index (χ4n) is 2.14.